The molecular formula is C68H66O. The van der Waals surface area contributed by atoms with Crippen LogP contribution in [-0.4, -0.2) is 0 Å². The lowest BCUT2D eigenvalue weighted by Gasteiger charge is -2.34. The van der Waals surface area contributed by atoms with Crippen LogP contribution in [-0.2, 0) is 21.7 Å². The van der Waals surface area contributed by atoms with Gasteiger partial charge in [-0.3, -0.25) is 0 Å². The summed E-state index contributed by atoms with van der Waals surface area (Å²) in [6, 6.07) is 55.6. The number of allylic oxidation sites excluding steroid dienone is 4. The van der Waals surface area contributed by atoms with Crippen LogP contribution in [0.5, 0.6) is 0 Å². The first kappa shape index (κ1) is 44.8. The number of furan rings is 1. The molecule has 2 unspecified atom stereocenters. The molecule has 0 amide bonds. The van der Waals surface area contributed by atoms with E-state index in [2.05, 4.69) is 253 Å². The Balaban J connectivity index is 1.14. The summed E-state index contributed by atoms with van der Waals surface area (Å²) in [7, 11) is 0. The van der Waals surface area contributed by atoms with Gasteiger partial charge in [-0.25, -0.2) is 0 Å². The van der Waals surface area contributed by atoms with Crippen LogP contribution in [0.1, 0.15) is 116 Å². The minimum Gasteiger partial charge on any atom is -0.455 e. The van der Waals surface area contributed by atoms with Crippen molar-refractivity contribution >= 4 is 54.6 Å². The minimum atomic E-state index is 0.00539. The van der Waals surface area contributed by atoms with Crippen LogP contribution in [0.4, 0.5) is 0 Å². The smallest absolute Gasteiger partial charge is 0.142 e. The van der Waals surface area contributed by atoms with Gasteiger partial charge in [0, 0.05) is 28.2 Å². The van der Waals surface area contributed by atoms with Crippen LogP contribution < -0.4 is 10.4 Å². The molecule has 0 spiro atoms. The molecule has 1 heterocycles. The summed E-state index contributed by atoms with van der Waals surface area (Å²) in [6.45, 7) is 28.0. The Hall–Kier alpha value is -6.70. The van der Waals surface area contributed by atoms with Crippen molar-refractivity contribution in [2.45, 2.75) is 105 Å². The molecule has 0 saturated heterocycles. The highest BCUT2D eigenvalue weighted by atomic mass is 16.3. The van der Waals surface area contributed by atoms with Crippen LogP contribution in [0.25, 0.3) is 76.9 Å². The van der Waals surface area contributed by atoms with Crippen LogP contribution in [0.15, 0.2) is 174 Å². The van der Waals surface area contributed by atoms with Gasteiger partial charge in [-0.05, 0) is 127 Å². The lowest BCUT2D eigenvalue weighted by molar-refractivity contribution is 0.567. The van der Waals surface area contributed by atoms with Crippen molar-refractivity contribution in [2.24, 2.45) is 11.8 Å². The molecule has 69 heavy (non-hydrogen) atoms. The molecular weight excluding hydrogens is 833 g/mol. The molecule has 1 heteroatoms. The fraction of sp³-hybridized carbons (Fsp3) is 0.265. The Bertz CT molecular complexity index is 3640. The molecule has 0 saturated carbocycles. The second-order valence-corrected chi connectivity index (χ2v) is 24.1. The van der Waals surface area contributed by atoms with E-state index in [4.69, 9.17) is 4.42 Å². The predicted molar refractivity (Wildman–Crippen MR) is 297 cm³/mol. The summed E-state index contributed by atoms with van der Waals surface area (Å²) < 4.78 is 7.10. The molecule has 0 fully saturated rings. The molecule has 0 radical (unpaired) electrons. The van der Waals surface area contributed by atoms with Crippen LogP contribution in [0.2, 0.25) is 0 Å². The molecule has 1 nitrogen and oxygen atoms in total. The van der Waals surface area contributed by atoms with Crippen molar-refractivity contribution in [1.82, 2.24) is 0 Å². The molecule has 11 rings (SSSR count). The van der Waals surface area contributed by atoms with E-state index in [1.165, 1.54) is 93.2 Å². The zero-order valence-electron chi connectivity index (χ0n) is 42.7. The quantitative estimate of drug-likeness (QED) is 0.160. The van der Waals surface area contributed by atoms with Gasteiger partial charge in [-0.1, -0.05) is 241 Å². The summed E-state index contributed by atoms with van der Waals surface area (Å²) in [5.74, 6) is 0.292. The number of hydrogen-bond acceptors (Lipinski definition) is 1. The second-order valence-electron chi connectivity index (χ2n) is 24.1. The Morgan fingerprint density at radius 2 is 0.768 bits per heavy atom. The fourth-order valence-corrected chi connectivity index (χ4v) is 11.3. The molecule has 2 aliphatic rings. The molecule has 0 aliphatic heterocycles. The molecule has 2 atom stereocenters. The number of fused-ring (bicyclic) bond motifs is 7. The van der Waals surface area contributed by atoms with E-state index >= 15 is 0 Å². The van der Waals surface area contributed by atoms with E-state index in [1.54, 1.807) is 0 Å². The number of para-hydroxylation sites is 1. The van der Waals surface area contributed by atoms with Gasteiger partial charge in [0.05, 0.1) is 0 Å². The van der Waals surface area contributed by atoms with Gasteiger partial charge in [0.15, 0.2) is 0 Å². The highest BCUT2D eigenvalue weighted by Crippen LogP contribution is 2.48. The SMILES string of the molecule is CC(C)(C)c1cc(C2=c3ccccc3=C(c3cccc4c3oc3ccc(-c5c6ccccc6c(-c6cc(C(C)(C)C)cc(C(C)(C)C)c6)c6ccccc56)cc34)C3C=CC=CC23)cc(C(C)(C)C)c1. The van der Waals surface area contributed by atoms with Crippen molar-refractivity contribution < 1.29 is 4.42 Å². The molecule has 344 valence electrons. The largest absolute Gasteiger partial charge is 0.455 e. The van der Waals surface area contributed by atoms with Gasteiger partial charge in [-0.2, -0.15) is 0 Å². The lowest BCUT2D eigenvalue weighted by Crippen LogP contribution is -2.40. The van der Waals surface area contributed by atoms with Crippen LogP contribution in [0.3, 0.4) is 0 Å². The molecule has 8 aromatic carbocycles. The lowest BCUT2D eigenvalue weighted by atomic mass is 9.69. The standard InChI is InChI=1S/C68H66O/c1-65(2,3)44-34-42(35-45(39-44)66(4,5)6)61-50-24-15-13-22-48(50)60(49-23-14-16-25-51(49)61)41-32-33-59-58(38-41)56-30-21-31-57(64(56)69-59)63-54-28-19-17-26-52(54)62(53-27-18-20-29-55(53)63)43-36-46(67(7,8)9)40-47(37-43)68(10,11)12/h13-40,52,54H,1-12H3. The average Bonchev–Trinajstić information content (AvgIpc) is 3.69. The molecule has 9 aromatic rings. The Morgan fingerprint density at radius 3 is 1.26 bits per heavy atom. The first-order chi connectivity index (χ1) is 32.8. The molecule has 0 N–H and O–H groups in total. The van der Waals surface area contributed by atoms with Gasteiger partial charge < -0.3 is 4.42 Å². The topological polar surface area (TPSA) is 13.1 Å². The van der Waals surface area contributed by atoms with Gasteiger partial charge in [0.2, 0.25) is 0 Å². The highest BCUT2D eigenvalue weighted by Gasteiger charge is 2.34. The Kier molecular flexibility index (Phi) is 10.3. The Morgan fingerprint density at radius 1 is 0.348 bits per heavy atom. The van der Waals surface area contributed by atoms with Gasteiger partial charge in [0.25, 0.3) is 0 Å². The first-order valence-corrected chi connectivity index (χ1v) is 25.2. The maximum absolute atomic E-state index is 7.10. The van der Waals surface area contributed by atoms with Gasteiger partial charge in [-0.15, -0.1) is 0 Å². The summed E-state index contributed by atoms with van der Waals surface area (Å²) in [4.78, 5) is 0. The second kappa shape index (κ2) is 15.9. The number of rotatable bonds is 4. The van der Waals surface area contributed by atoms with Crippen molar-refractivity contribution in [3.8, 4) is 22.3 Å². The molecule has 1 aromatic heterocycles. The fourth-order valence-electron chi connectivity index (χ4n) is 11.3. The third-order valence-electron chi connectivity index (χ3n) is 15.2. The summed E-state index contributed by atoms with van der Waals surface area (Å²) in [5, 5.41) is 9.90. The third-order valence-corrected chi connectivity index (χ3v) is 15.2. The zero-order chi connectivity index (χ0) is 48.4. The van der Waals surface area contributed by atoms with E-state index in [9.17, 15) is 0 Å². The Labute approximate surface area is 409 Å². The van der Waals surface area contributed by atoms with Crippen LogP contribution in [0, 0.1) is 11.8 Å². The normalized spacial score (nSPS) is 16.5. The third kappa shape index (κ3) is 7.61. The van der Waals surface area contributed by atoms with Gasteiger partial charge in [0.1, 0.15) is 11.2 Å². The van der Waals surface area contributed by atoms with Crippen molar-refractivity contribution in [3.63, 3.8) is 0 Å². The minimum absolute atomic E-state index is 0.00539. The van der Waals surface area contributed by atoms with Crippen LogP contribution >= 0.6 is 0 Å². The van der Waals surface area contributed by atoms with Gasteiger partial charge >= 0.3 is 0 Å². The molecule has 0 bridgehead atoms. The first-order valence-electron chi connectivity index (χ1n) is 25.2. The zero-order valence-corrected chi connectivity index (χ0v) is 42.7. The summed E-state index contributed by atoms with van der Waals surface area (Å²) >= 11 is 0. The van der Waals surface area contributed by atoms with Crippen molar-refractivity contribution in [1.29, 1.82) is 0 Å². The van der Waals surface area contributed by atoms with E-state index in [0.29, 0.717) is 0 Å². The maximum Gasteiger partial charge on any atom is 0.142 e. The maximum atomic E-state index is 7.10. The van der Waals surface area contributed by atoms with Crippen molar-refractivity contribution in [2.75, 3.05) is 0 Å². The predicted octanol–water partition coefficient (Wildman–Crippen LogP) is 17.2. The number of hydrogen-bond donors (Lipinski definition) is 0. The van der Waals surface area contributed by atoms with Crippen molar-refractivity contribution in [3.05, 3.63) is 214 Å². The van der Waals surface area contributed by atoms with E-state index in [-0.39, 0.29) is 33.5 Å². The van der Waals surface area contributed by atoms with E-state index in [1.807, 2.05) is 0 Å². The average molecular weight is 899 g/mol. The molecule has 2 aliphatic carbocycles. The van der Waals surface area contributed by atoms with E-state index in [0.717, 1.165) is 27.5 Å². The summed E-state index contributed by atoms with van der Waals surface area (Å²) in [5.41, 5.74) is 17.6. The summed E-state index contributed by atoms with van der Waals surface area (Å²) in [6.07, 6.45) is 9.36. The monoisotopic (exact) mass is 899 g/mol. The highest BCUT2D eigenvalue weighted by molar-refractivity contribution is 6.22. The van der Waals surface area contributed by atoms with E-state index < -0.39 is 0 Å². The number of benzene rings is 8.